The molecule has 1 saturated heterocycles. The summed E-state index contributed by atoms with van der Waals surface area (Å²) in [5.41, 5.74) is 0. The first kappa shape index (κ1) is 13.3. The van der Waals surface area contributed by atoms with E-state index in [1.165, 1.54) is 0 Å². The van der Waals surface area contributed by atoms with Gasteiger partial charge in [0.2, 0.25) is 0 Å². The zero-order valence-corrected chi connectivity index (χ0v) is 12.6. The summed E-state index contributed by atoms with van der Waals surface area (Å²) in [6.07, 6.45) is 3.34. The molecule has 0 aromatic heterocycles. The molecule has 19 heavy (non-hydrogen) atoms. The van der Waals surface area contributed by atoms with Gasteiger partial charge in [0.25, 0.3) is 0 Å². The molecular weight excluding hydrogens is 359 g/mol. The molecule has 1 spiro atoms. The Kier molecular flexibility index (Phi) is 3.77. The van der Waals surface area contributed by atoms with Crippen molar-refractivity contribution in [2.75, 3.05) is 6.61 Å². The van der Waals surface area contributed by atoms with Crippen LogP contribution in [0.3, 0.4) is 0 Å². The van der Waals surface area contributed by atoms with E-state index in [1.54, 1.807) is 6.07 Å². The molecule has 4 nitrogen and oxygen atoms in total. The molecule has 1 heterocycles. The molecule has 1 atom stereocenters. The molecule has 102 valence electrons. The van der Waals surface area contributed by atoms with Gasteiger partial charge >= 0.3 is 5.97 Å². The lowest BCUT2D eigenvalue weighted by atomic mass is 10.2. The van der Waals surface area contributed by atoms with E-state index in [2.05, 4.69) is 22.6 Å². The number of carbonyl (C=O) groups is 1. The van der Waals surface area contributed by atoms with Crippen LogP contribution in [0.5, 0.6) is 5.75 Å². The van der Waals surface area contributed by atoms with Crippen LogP contribution in [0.15, 0.2) is 24.3 Å². The van der Waals surface area contributed by atoms with Crippen LogP contribution in [-0.4, -0.2) is 24.5 Å². The van der Waals surface area contributed by atoms with Gasteiger partial charge in [-0.15, -0.1) is 0 Å². The standard InChI is InChI=1S/C14H15IO4/c15-10-5-1-2-6-11(10)18-13(16)12-9-17-14(19-12)7-3-4-8-14/h1-2,5-6,12H,3-4,7-9H2. The van der Waals surface area contributed by atoms with E-state index in [0.29, 0.717) is 12.4 Å². The van der Waals surface area contributed by atoms with Crippen molar-refractivity contribution in [1.29, 1.82) is 0 Å². The summed E-state index contributed by atoms with van der Waals surface area (Å²) >= 11 is 2.14. The minimum atomic E-state index is -0.603. The molecule has 1 aliphatic carbocycles. The van der Waals surface area contributed by atoms with Gasteiger partial charge in [0, 0.05) is 12.8 Å². The van der Waals surface area contributed by atoms with Crippen molar-refractivity contribution < 1.29 is 19.0 Å². The minimum absolute atomic E-state index is 0.294. The highest BCUT2D eigenvalue weighted by Crippen LogP contribution is 2.39. The average Bonchev–Trinajstić information content (AvgIpc) is 3.03. The van der Waals surface area contributed by atoms with E-state index in [0.717, 1.165) is 29.3 Å². The summed E-state index contributed by atoms with van der Waals surface area (Å²) in [6, 6.07) is 7.42. The van der Waals surface area contributed by atoms with Crippen molar-refractivity contribution in [1.82, 2.24) is 0 Å². The Morgan fingerprint density at radius 1 is 1.32 bits per heavy atom. The van der Waals surface area contributed by atoms with Gasteiger partial charge in [-0.2, -0.15) is 0 Å². The Labute approximate surface area is 125 Å². The van der Waals surface area contributed by atoms with Gasteiger partial charge in [0.05, 0.1) is 10.2 Å². The van der Waals surface area contributed by atoms with Crippen LogP contribution >= 0.6 is 22.6 Å². The maximum atomic E-state index is 12.1. The first-order valence-corrected chi connectivity index (χ1v) is 7.54. The number of benzene rings is 1. The van der Waals surface area contributed by atoms with Crippen LogP contribution in [0.2, 0.25) is 0 Å². The van der Waals surface area contributed by atoms with E-state index in [1.807, 2.05) is 18.2 Å². The van der Waals surface area contributed by atoms with Gasteiger partial charge in [0.15, 0.2) is 11.9 Å². The Bertz CT molecular complexity index is 482. The smallest absolute Gasteiger partial charge is 0.343 e. The van der Waals surface area contributed by atoms with Gasteiger partial charge in [-0.1, -0.05) is 12.1 Å². The van der Waals surface area contributed by atoms with Crippen molar-refractivity contribution in [2.45, 2.75) is 37.6 Å². The third-order valence-electron chi connectivity index (χ3n) is 3.53. The van der Waals surface area contributed by atoms with E-state index in [-0.39, 0.29) is 5.97 Å². The van der Waals surface area contributed by atoms with E-state index in [9.17, 15) is 4.79 Å². The van der Waals surface area contributed by atoms with Crippen LogP contribution in [0.25, 0.3) is 0 Å². The average molecular weight is 374 g/mol. The van der Waals surface area contributed by atoms with Gasteiger partial charge in [-0.3, -0.25) is 0 Å². The van der Waals surface area contributed by atoms with Crippen molar-refractivity contribution in [3.05, 3.63) is 27.8 Å². The van der Waals surface area contributed by atoms with Gasteiger partial charge in [0.1, 0.15) is 5.75 Å². The number of hydrogen-bond acceptors (Lipinski definition) is 4. The Balaban J connectivity index is 1.64. The zero-order chi connectivity index (χ0) is 13.3. The second kappa shape index (κ2) is 5.38. The summed E-state index contributed by atoms with van der Waals surface area (Å²) < 4.78 is 17.7. The third kappa shape index (κ3) is 2.78. The molecule has 3 rings (SSSR count). The quantitative estimate of drug-likeness (QED) is 0.454. The largest absolute Gasteiger partial charge is 0.423 e. The fourth-order valence-corrected chi connectivity index (χ4v) is 3.05. The summed E-state index contributed by atoms with van der Waals surface area (Å²) in [4.78, 5) is 12.1. The number of hydrogen-bond donors (Lipinski definition) is 0. The Morgan fingerprint density at radius 3 is 2.79 bits per heavy atom. The molecule has 2 fully saturated rings. The second-order valence-corrected chi connectivity index (χ2v) is 6.05. The number of halogens is 1. The van der Waals surface area contributed by atoms with Crippen LogP contribution in [0, 0.1) is 3.57 Å². The van der Waals surface area contributed by atoms with Crippen LogP contribution in [0.1, 0.15) is 25.7 Å². The summed E-state index contributed by atoms with van der Waals surface area (Å²) in [5, 5.41) is 0. The van der Waals surface area contributed by atoms with E-state index < -0.39 is 11.9 Å². The predicted molar refractivity (Wildman–Crippen MR) is 76.8 cm³/mol. The molecule has 1 aromatic carbocycles. The highest BCUT2D eigenvalue weighted by atomic mass is 127. The van der Waals surface area contributed by atoms with Crippen LogP contribution < -0.4 is 4.74 Å². The van der Waals surface area contributed by atoms with Crippen LogP contribution in [0.4, 0.5) is 0 Å². The van der Waals surface area contributed by atoms with Crippen LogP contribution in [-0.2, 0) is 14.3 Å². The monoisotopic (exact) mass is 374 g/mol. The molecule has 5 heteroatoms. The maximum Gasteiger partial charge on any atom is 0.343 e. The SMILES string of the molecule is O=C(Oc1ccccc1I)C1COC2(CCCC2)O1. The lowest BCUT2D eigenvalue weighted by molar-refractivity contribution is -0.174. The summed E-state index contributed by atoms with van der Waals surface area (Å²) in [7, 11) is 0. The lowest BCUT2D eigenvalue weighted by Crippen LogP contribution is -2.32. The van der Waals surface area contributed by atoms with Gasteiger partial charge in [-0.05, 0) is 47.6 Å². The van der Waals surface area contributed by atoms with Crippen molar-refractivity contribution in [3.8, 4) is 5.75 Å². The lowest BCUT2D eigenvalue weighted by Gasteiger charge is -2.21. The number of esters is 1. The number of rotatable bonds is 2. The molecule has 0 amide bonds. The molecule has 0 N–H and O–H groups in total. The molecule has 2 aliphatic rings. The molecule has 1 unspecified atom stereocenters. The normalized spacial score (nSPS) is 24.8. The number of para-hydroxylation sites is 1. The minimum Gasteiger partial charge on any atom is -0.423 e. The molecule has 1 aliphatic heterocycles. The zero-order valence-electron chi connectivity index (χ0n) is 10.4. The Morgan fingerprint density at radius 2 is 2.05 bits per heavy atom. The van der Waals surface area contributed by atoms with Crippen molar-refractivity contribution in [2.24, 2.45) is 0 Å². The Hall–Kier alpha value is -0.660. The van der Waals surface area contributed by atoms with Crippen molar-refractivity contribution in [3.63, 3.8) is 0 Å². The summed E-state index contributed by atoms with van der Waals surface area (Å²) in [5.74, 6) is -0.315. The highest BCUT2D eigenvalue weighted by Gasteiger charge is 2.46. The number of ether oxygens (including phenoxy) is 3. The van der Waals surface area contributed by atoms with E-state index in [4.69, 9.17) is 14.2 Å². The fourth-order valence-electron chi connectivity index (χ4n) is 2.55. The van der Waals surface area contributed by atoms with E-state index >= 15 is 0 Å². The fraction of sp³-hybridized carbons (Fsp3) is 0.500. The van der Waals surface area contributed by atoms with Gasteiger partial charge < -0.3 is 14.2 Å². The number of carbonyl (C=O) groups excluding carboxylic acids is 1. The highest BCUT2D eigenvalue weighted by molar-refractivity contribution is 14.1. The molecule has 1 aromatic rings. The first-order chi connectivity index (χ1) is 9.19. The van der Waals surface area contributed by atoms with Gasteiger partial charge in [-0.25, -0.2) is 4.79 Å². The summed E-state index contributed by atoms with van der Waals surface area (Å²) in [6.45, 7) is 0.294. The first-order valence-electron chi connectivity index (χ1n) is 6.47. The molecule has 0 bridgehead atoms. The predicted octanol–water partition coefficient (Wildman–Crippen LogP) is 2.88. The molecule has 0 radical (unpaired) electrons. The third-order valence-corrected chi connectivity index (χ3v) is 4.42. The molecule has 1 saturated carbocycles. The second-order valence-electron chi connectivity index (χ2n) is 4.89. The van der Waals surface area contributed by atoms with Crippen molar-refractivity contribution >= 4 is 28.6 Å². The topological polar surface area (TPSA) is 44.8 Å². The maximum absolute atomic E-state index is 12.1. The molecular formula is C14H15IO4.